The predicted molar refractivity (Wildman–Crippen MR) is 119 cm³/mol. The van der Waals surface area contributed by atoms with Crippen LogP contribution in [0.5, 0.6) is 0 Å². The lowest BCUT2D eigenvalue weighted by molar-refractivity contribution is -0.144. The van der Waals surface area contributed by atoms with E-state index in [1.165, 1.54) is 0 Å². The second-order valence-corrected chi connectivity index (χ2v) is 8.94. The van der Waals surface area contributed by atoms with Gasteiger partial charge < -0.3 is 20.1 Å². The van der Waals surface area contributed by atoms with E-state index < -0.39 is 12.2 Å². The largest absolute Gasteiger partial charge is 0.463 e. The van der Waals surface area contributed by atoms with Crippen molar-refractivity contribution < 1.29 is 24.9 Å². The predicted octanol–water partition coefficient (Wildman–Crippen LogP) is 4.47. The molecule has 0 unspecified atom stereocenters. The summed E-state index contributed by atoms with van der Waals surface area (Å²) in [6.07, 6.45) is 6.40. The Morgan fingerprint density at radius 3 is 2.60 bits per heavy atom. The molecule has 30 heavy (non-hydrogen) atoms. The Morgan fingerprint density at radius 1 is 1.20 bits per heavy atom. The first-order chi connectivity index (χ1) is 14.5. The number of carbonyl (C=O) groups excluding carboxylic acids is 1. The highest BCUT2D eigenvalue weighted by Crippen LogP contribution is 2.45. The molecule has 1 saturated carbocycles. The minimum Gasteiger partial charge on any atom is -0.463 e. The second-order valence-electron chi connectivity index (χ2n) is 8.38. The first kappa shape index (κ1) is 25.1. The average Bonchev–Trinajstić information content (AvgIpc) is 3.02. The van der Waals surface area contributed by atoms with Gasteiger partial charge in [0.15, 0.2) is 0 Å². The van der Waals surface area contributed by atoms with Crippen molar-refractivity contribution >= 4 is 17.6 Å². The number of halogens is 1. The smallest absolute Gasteiger partial charge is 0.305 e. The van der Waals surface area contributed by atoms with Gasteiger partial charge in [0.2, 0.25) is 0 Å². The van der Waals surface area contributed by atoms with Gasteiger partial charge in [-0.05, 0) is 42.7 Å². The number of hydrogen-bond donors (Lipinski definition) is 3. The molecular weight excluding hydrogens is 404 g/mol. The average molecular weight is 441 g/mol. The summed E-state index contributed by atoms with van der Waals surface area (Å²) < 4.78 is 4.88. The van der Waals surface area contributed by atoms with Crippen molar-refractivity contribution in [2.75, 3.05) is 13.2 Å². The van der Waals surface area contributed by atoms with Crippen LogP contribution in [-0.2, 0) is 9.53 Å². The molecule has 6 heteroatoms. The van der Waals surface area contributed by atoms with Crippen LogP contribution in [0, 0.1) is 5.92 Å². The minimum absolute atomic E-state index is 0.0277. The van der Waals surface area contributed by atoms with Crippen molar-refractivity contribution in [1.82, 2.24) is 0 Å². The second kappa shape index (κ2) is 13.3. The first-order valence-corrected chi connectivity index (χ1v) is 11.8. The van der Waals surface area contributed by atoms with Crippen LogP contribution in [0.15, 0.2) is 24.3 Å². The molecule has 0 heterocycles. The third-order valence-corrected chi connectivity index (χ3v) is 6.62. The Bertz CT molecular complexity index is 621. The molecule has 0 saturated heterocycles. The topological polar surface area (TPSA) is 87.0 Å². The summed E-state index contributed by atoms with van der Waals surface area (Å²) in [5.41, 5.74) is 1.98. The van der Waals surface area contributed by atoms with E-state index in [0.29, 0.717) is 19.3 Å². The molecule has 1 aliphatic carbocycles. The van der Waals surface area contributed by atoms with Gasteiger partial charge in [0.05, 0.1) is 18.8 Å². The van der Waals surface area contributed by atoms with Crippen LogP contribution in [0.3, 0.4) is 0 Å². The highest BCUT2D eigenvalue weighted by molar-refractivity contribution is 6.21. The Hall–Kier alpha value is -1.14. The van der Waals surface area contributed by atoms with Gasteiger partial charge in [-0.1, -0.05) is 56.9 Å². The quantitative estimate of drug-likeness (QED) is 0.239. The highest BCUT2D eigenvalue weighted by atomic mass is 35.5. The number of benzene rings is 1. The summed E-state index contributed by atoms with van der Waals surface area (Å²) in [5.74, 6) is -0.168. The summed E-state index contributed by atoms with van der Waals surface area (Å²) in [6.45, 7) is 2.04. The molecule has 5 nitrogen and oxygen atoms in total. The Labute approximate surface area is 185 Å². The maximum absolute atomic E-state index is 11.6. The lowest BCUT2D eigenvalue weighted by Crippen LogP contribution is -2.19. The van der Waals surface area contributed by atoms with Gasteiger partial charge in [-0.3, -0.25) is 4.79 Å². The summed E-state index contributed by atoms with van der Waals surface area (Å²) >= 11 is 6.56. The molecule has 170 valence electrons. The number of rotatable bonds is 13. The van der Waals surface area contributed by atoms with E-state index in [-0.39, 0.29) is 36.4 Å². The molecule has 0 amide bonds. The Balaban J connectivity index is 1.91. The third-order valence-electron chi connectivity index (χ3n) is 6.12. The maximum atomic E-state index is 11.6. The van der Waals surface area contributed by atoms with E-state index in [1.54, 1.807) is 0 Å². The van der Waals surface area contributed by atoms with Crippen LogP contribution in [0.1, 0.15) is 87.9 Å². The van der Waals surface area contributed by atoms with Crippen molar-refractivity contribution in [3.63, 3.8) is 0 Å². The van der Waals surface area contributed by atoms with E-state index in [4.69, 9.17) is 21.4 Å². The fraction of sp³-hybridized carbons (Fsp3) is 0.708. The standard InChI is InChI=1S/C24H37ClO5/c1-2-3-4-8-21(27)17-10-12-18(13-11-17)24-19(20(25)16-22(24)28)7-5-6-9-23(29)30-15-14-26/h10-13,19-22,24,26-28H,2-9,14-16H2,1H3/t19-,20+,21+,22+,24+/m0/s1. The normalized spacial score (nSPS) is 24.7. The van der Waals surface area contributed by atoms with Crippen molar-refractivity contribution in [3.8, 4) is 0 Å². The molecular formula is C24H37ClO5. The number of aliphatic hydroxyl groups excluding tert-OH is 3. The molecule has 2 rings (SSSR count). The van der Waals surface area contributed by atoms with E-state index >= 15 is 0 Å². The molecule has 1 aromatic carbocycles. The molecule has 3 N–H and O–H groups in total. The molecule has 1 aromatic rings. The van der Waals surface area contributed by atoms with E-state index in [0.717, 1.165) is 49.7 Å². The van der Waals surface area contributed by atoms with Crippen molar-refractivity contribution in [3.05, 3.63) is 35.4 Å². The lowest BCUT2D eigenvalue weighted by atomic mass is 9.83. The molecule has 0 spiro atoms. The van der Waals surface area contributed by atoms with Crippen molar-refractivity contribution in [1.29, 1.82) is 0 Å². The number of hydrogen-bond acceptors (Lipinski definition) is 5. The van der Waals surface area contributed by atoms with Crippen LogP contribution in [0.4, 0.5) is 0 Å². The minimum atomic E-state index is -0.479. The number of aliphatic hydroxyl groups is 3. The molecule has 0 bridgehead atoms. The number of carbonyl (C=O) groups is 1. The van der Waals surface area contributed by atoms with Gasteiger partial charge >= 0.3 is 5.97 Å². The van der Waals surface area contributed by atoms with Gasteiger partial charge in [0, 0.05) is 17.7 Å². The Kier molecular flexibility index (Phi) is 11.1. The molecule has 5 atom stereocenters. The number of esters is 1. The molecule has 1 fully saturated rings. The van der Waals surface area contributed by atoms with Gasteiger partial charge in [-0.25, -0.2) is 0 Å². The SMILES string of the molecule is CCCCC[C@@H](O)c1ccc([C@@H]2[C@@H](CCCCC(=O)OCCO)[C@H](Cl)C[C@H]2O)cc1. The van der Waals surface area contributed by atoms with E-state index in [9.17, 15) is 15.0 Å². The third kappa shape index (κ3) is 7.52. The van der Waals surface area contributed by atoms with Gasteiger partial charge in [-0.15, -0.1) is 11.6 Å². The molecule has 1 aliphatic rings. The number of alkyl halides is 1. The fourth-order valence-electron chi connectivity index (χ4n) is 4.47. The van der Waals surface area contributed by atoms with E-state index in [2.05, 4.69) is 6.92 Å². The maximum Gasteiger partial charge on any atom is 0.305 e. The molecule has 0 aromatic heterocycles. The van der Waals surface area contributed by atoms with E-state index in [1.807, 2.05) is 24.3 Å². The van der Waals surface area contributed by atoms with Crippen LogP contribution < -0.4 is 0 Å². The number of unbranched alkanes of at least 4 members (excludes halogenated alkanes) is 3. The van der Waals surface area contributed by atoms with Gasteiger partial charge in [0.1, 0.15) is 6.61 Å². The zero-order valence-corrected chi connectivity index (χ0v) is 18.8. The van der Waals surface area contributed by atoms with Crippen LogP contribution in [-0.4, -0.2) is 46.0 Å². The van der Waals surface area contributed by atoms with Gasteiger partial charge in [0.25, 0.3) is 0 Å². The monoisotopic (exact) mass is 440 g/mol. The zero-order chi connectivity index (χ0) is 21.9. The van der Waals surface area contributed by atoms with Crippen LogP contribution >= 0.6 is 11.6 Å². The van der Waals surface area contributed by atoms with Crippen LogP contribution in [0.25, 0.3) is 0 Å². The van der Waals surface area contributed by atoms with Crippen molar-refractivity contribution in [2.24, 2.45) is 5.92 Å². The summed E-state index contributed by atoms with van der Waals surface area (Å²) in [7, 11) is 0. The number of ether oxygens (including phenoxy) is 1. The highest BCUT2D eigenvalue weighted by Gasteiger charge is 2.41. The zero-order valence-electron chi connectivity index (χ0n) is 18.0. The summed E-state index contributed by atoms with van der Waals surface area (Å²) in [6, 6.07) is 7.96. The first-order valence-electron chi connectivity index (χ1n) is 11.3. The molecule has 0 radical (unpaired) electrons. The molecule has 0 aliphatic heterocycles. The van der Waals surface area contributed by atoms with Gasteiger partial charge in [-0.2, -0.15) is 0 Å². The summed E-state index contributed by atoms with van der Waals surface area (Å²) in [4.78, 5) is 11.6. The fourth-order valence-corrected chi connectivity index (χ4v) is 4.93. The van der Waals surface area contributed by atoms with Crippen LogP contribution in [0.2, 0.25) is 0 Å². The lowest BCUT2D eigenvalue weighted by Gasteiger charge is -2.24. The summed E-state index contributed by atoms with van der Waals surface area (Å²) in [5, 5.41) is 29.6. The Morgan fingerprint density at radius 2 is 1.93 bits per heavy atom. The van der Waals surface area contributed by atoms with Crippen molar-refractivity contribution in [2.45, 2.75) is 88.2 Å².